The zero-order valence-electron chi connectivity index (χ0n) is 10.9. The van der Waals surface area contributed by atoms with Crippen molar-refractivity contribution in [1.29, 1.82) is 0 Å². The van der Waals surface area contributed by atoms with Crippen molar-refractivity contribution in [1.82, 2.24) is 5.43 Å². The number of benzene rings is 1. The lowest BCUT2D eigenvalue weighted by Gasteiger charge is -2.19. The summed E-state index contributed by atoms with van der Waals surface area (Å²) in [5, 5.41) is 4.02. The van der Waals surface area contributed by atoms with Gasteiger partial charge in [0.05, 0.1) is 6.21 Å². The van der Waals surface area contributed by atoms with E-state index in [-0.39, 0.29) is 11.8 Å². The van der Waals surface area contributed by atoms with Crippen LogP contribution >= 0.6 is 0 Å². The molecular formula is C15H20N2O. The maximum atomic E-state index is 11.8. The Labute approximate surface area is 108 Å². The Balaban J connectivity index is 1.83. The van der Waals surface area contributed by atoms with Gasteiger partial charge in [0.25, 0.3) is 0 Å². The molecule has 3 heteroatoms. The zero-order valence-corrected chi connectivity index (χ0v) is 10.9. The molecule has 2 rings (SSSR count). The topological polar surface area (TPSA) is 41.5 Å². The summed E-state index contributed by atoms with van der Waals surface area (Å²) < 4.78 is 0. The van der Waals surface area contributed by atoms with Crippen molar-refractivity contribution < 1.29 is 4.79 Å². The van der Waals surface area contributed by atoms with Gasteiger partial charge in [0.2, 0.25) is 5.91 Å². The van der Waals surface area contributed by atoms with Crippen molar-refractivity contribution in [2.24, 2.45) is 11.0 Å². The number of hydrogen-bond donors (Lipinski definition) is 1. The molecule has 3 nitrogen and oxygen atoms in total. The number of rotatable bonds is 3. The molecule has 1 N–H and O–H groups in total. The van der Waals surface area contributed by atoms with Crippen molar-refractivity contribution in [2.45, 2.75) is 39.0 Å². The first-order valence-electron chi connectivity index (χ1n) is 6.65. The highest BCUT2D eigenvalue weighted by atomic mass is 16.2. The van der Waals surface area contributed by atoms with Gasteiger partial charge in [-0.3, -0.25) is 4.79 Å². The second-order valence-corrected chi connectivity index (χ2v) is 4.98. The van der Waals surface area contributed by atoms with E-state index >= 15 is 0 Å². The lowest BCUT2D eigenvalue weighted by Crippen LogP contribution is -2.28. The molecule has 18 heavy (non-hydrogen) atoms. The highest BCUT2D eigenvalue weighted by molar-refractivity contribution is 5.83. The molecule has 0 heterocycles. The van der Waals surface area contributed by atoms with E-state index in [9.17, 15) is 4.79 Å². The van der Waals surface area contributed by atoms with Crippen LogP contribution in [0.1, 0.15) is 43.2 Å². The summed E-state index contributed by atoms with van der Waals surface area (Å²) in [7, 11) is 0. The maximum absolute atomic E-state index is 11.8. The van der Waals surface area contributed by atoms with E-state index in [2.05, 4.69) is 10.5 Å². The number of aryl methyl sites for hydroxylation is 1. The Morgan fingerprint density at radius 1 is 1.22 bits per heavy atom. The van der Waals surface area contributed by atoms with Crippen molar-refractivity contribution >= 4 is 12.1 Å². The van der Waals surface area contributed by atoms with Gasteiger partial charge in [0.1, 0.15) is 0 Å². The van der Waals surface area contributed by atoms with E-state index in [0.29, 0.717) is 0 Å². The molecule has 0 saturated heterocycles. The van der Waals surface area contributed by atoms with Crippen LogP contribution in [-0.4, -0.2) is 12.1 Å². The predicted molar refractivity (Wildman–Crippen MR) is 73.5 cm³/mol. The van der Waals surface area contributed by atoms with Crippen LogP contribution in [0.2, 0.25) is 0 Å². The quantitative estimate of drug-likeness (QED) is 0.644. The van der Waals surface area contributed by atoms with Crippen LogP contribution < -0.4 is 5.43 Å². The zero-order chi connectivity index (χ0) is 12.8. The van der Waals surface area contributed by atoms with Gasteiger partial charge in [-0.05, 0) is 25.3 Å². The average Bonchev–Trinajstić information content (AvgIpc) is 2.42. The van der Waals surface area contributed by atoms with Gasteiger partial charge >= 0.3 is 0 Å². The summed E-state index contributed by atoms with van der Waals surface area (Å²) in [6.07, 6.45) is 7.30. The summed E-state index contributed by atoms with van der Waals surface area (Å²) in [6, 6.07) is 8.05. The predicted octanol–water partition coefficient (Wildman–Crippen LogP) is 3.03. The van der Waals surface area contributed by atoms with Crippen LogP contribution in [0.15, 0.2) is 29.4 Å². The Morgan fingerprint density at radius 3 is 2.56 bits per heavy atom. The summed E-state index contributed by atoms with van der Waals surface area (Å²) >= 11 is 0. The van der Waals surface area contributed by atoms with Gasteiger partial charge < -0.3 is 0 Å². The molecular weight excluding hydrogens is 224 g/mol. The van der Waals surface area contributed by atoms with E-state index in [4.69, 9.17) is 0 Å². The minimum Gasteiger partial charge on any atom is -0.273 e. The molecule has 1 saturated carbocycles. The molecule has 0 radical (unpaired) electrons. The van der Waals surface area contributed by atoms with Crippen LogP contribution in [-0.2, 0) is 4.79 Å². The first-order valence-corrected chi connectivity index (χ1v) is 6.65. The van der Waals surface area contributed by atoms with Crippen molar-refractivity contribution in [3.63, 3.8) is 0 Å². The summed E-state index contributed by atoms with van der Waals surface area (Å²) in [5.74, 6) is 0.229. The van der Waals surface area contributed by atoms with E-state index in [1.54, 1.807) is 6.21 Å². The van der Waals surface area contributed by atoms with Crippen molar-refractivity contribution in [2.75, 3.05) is 0 Å². The second kappa shape index (κ2) is 6.34. The van der Waals surface area contributed by atoms with Gasteiger partial charge in [0, 0.05) is 5.92 Å². The third-order valence-corrected chi connectivity index (χ3v) is 3.44. The number of carbonyl (C=O) groups excluding carboxylic acids is 1. The Morgan fingerprint density at radius 2 is 1.89 bits per heavy atom. The van der Waals surface area contributed by atoms with Gasteiger partial charge in [-0.25, -0.2) is 5.43 Å². The Kier molecular flexibility index (Phi) is 4.51. The Hall–Kier alpha value is -1.64. The fourth-order valence-electron chi connectivity index (χ4n) is 2.28. The van der Waals surface area contributed by atoms with E-state index in [1.807, 2.05) is 31.2 Å². The third kappa shape index (κ3) is 3.69. The van der Waals surface area contributed by atoms with Gasteiger partial charge in [-0.15, -0.1) is 0 Å². The monoisotopic (exact) mass is 244 g/mol. The van der Waals surface area contributed by atoms with Gasteiger partial charge in [0.15, 0.2) is 0 Å². The summed E-state index contributed by atoms with van der Waals surface area (Å²) in [4.78, 5) is 11.8. The van der Waals surface area contributed by atoms with Crippen molar-refractivity contribution in [3.8, 4) is 0 Å². The first-order chi connectivity index (χ1) is 8.75. The molecule has 0 atom stereocenters. The SMILES string of the molecule is Cc1ccc(/C=N/NC(=O)C2CCCCC2)cc1. The standard InChI is InChI=1S/C15H20N2O/c1-12-7-9-13(10-8-12)11-16-17-15(18)14-5-3-2-4-6-14/h7-11,14H,2-6H2,1H3,(H,17,18)/b16-11+. The minimum atomic E-state index is 0.0676. The van der Waals surface area contributed by atoms with Crippen LogP contribution in [0.25, 0.3) is 0 Å². The molecule has 0 bridgehead atoms. The number of nitrogens with one attached hydrogen (secondary N) is 1. The molecule has 0 unspecified atom stereocenters. The van der Waals surface area contributed by atoms with Crippen LogP contribution in [0, 0.1) is 12.8 Å². The average molecular weight is 244 g/mol. The molecule has 1 amide bonds. The van der Waals surface area contributed by atoms with E-state index in [0.717, 1.165) is 18.4 Å². The Bertz CT molecular complexity index is 417. The number of nitrogens with zero attached hydrogens (tertiary/aromatic N) is 1. The fraction of sp³-hybridized carbons (Fsp3) is 0.467. The molecule has 0 aliphatic heterocycles. The smallest absolute Gasteiger partial charge is 0.243 e. The number of carbonyl (C=O) groups is 1. The first kappa shape index (κ1) is 12.8. The normalized spacial score (nSPS) is 16.9. The van der Waals surface area contributed by atoms with Gasteiger partial charge in [-0.2, -0.15) is 5.10 Å². The largest absolute Gasteiger partial charge is 0.273 e. The van der Waals surface area contributed by atoms with E-state index < -0.39 is 0 Å². The molecule has 1 aromatic rings. The second-order valence-electron chi connectivity index (χ2n) is 4.98. The van der Waals surface area contributed by atoms with E-state index in [1.165, 1.54) is 24.8 Å². The van der Waals surface area contributed by atoms with Gasteiger partial charge in [-0.1, -0.05) is 49.1 Å². The van der Waals surface area contributed by atoms with Crippen LogP contribution in [0.5, 0.6) is 0 Å². The number of hydrazone groups is 1. The molecule has 0 spiro atoms. The molecule has 1 fully saturated rings. The lowest BCUT2D eigenvalue weighted by molar-refractivity contribution is -0.125. The highest BCUT2D eigenvalue weighted by Gasteiger charge is 2.20. The number of amides is 1. The third-order valence-electron chi connectivity index (χ3n) is 3.44. The molecule has 0 aromatic heterocycles. The molecule has 1 aliphatic carbocycles. The minimum absolute atomic E-state index is 0.0676. The van der Waals surface area contributed by atoms with Crippen molar-refractivity contribution in [3.05, 3.63) is 35.4 Å². The fourth-order valence-corrected chi connectivity index (χ4v) is 2.28. The summed E-state index contributed by atoms with van der Waals surface area (Å²) in [5.41, 5.74) is 4.87. The maximum Gasteiger partial charge on any atom is 0.243 e. The highest BCUT2D eigenvalue weighted by Crippen LogP contribution is 2.23. The summed E-state index contributed by atoms with van der Waals surface area (Å²) in [6.45, 7) is 2.05. The van der Waals surface area contributed by atoms with Crippen LogP contribution in [0.4, 0.5) is 0 Å². The number of hydrogen-bond acceptors (Lipinski definition) is 2. The molecule has 1 aliphatic rings. The molecule has 1 aromatic carbocycles. The molecule has 96 valence electrons. The van der Waals surface area contributed by atoms with Crippen LogP contribution in [0.3, 0.4) is 0 Å². The lowest BCUT2D eigenvalue weighted by atomic mass is 9.89.